The van der Waals surface area contributed by atoms with Crippen LogP contribution in [-0.2, 0) is 0 Å². The largest absolute Gasteiger partial charge is 0.311 e. The maximum absolute atomic E-state index is 2.39. The minimum absolute atomic E-state index is 1.07. The van der Waals surface area contributed by atoms with Gasteiger partial charge in [-0.2, -0.15) is 0 Å². The lowest BCUT2D eigenvalue weighted by molar-refractivity contribution is 1.18. The van der Waals surface area contributed by atoms with Crippen LogP contribution in [0.3, 0.4) is 0 Å². The van der Waals surface area contributed by atoms with Crippen LogP contribution in [0.1, 0.15) is 0 Å². The second-order valence-electron chi connectivity index (χ2n) is 22.9. The average Bonchev–Trinajstić information content (AvgIpc) is 2.26. The van der Waals surface area contributed by atoms with E-state index < -0.39 is 0 Å². The fourth-order valence-corrected chi connectivity index (χ4v) is 13.6. The number of nitrogens with zero attached hydrogens (tertiary/aromatic N) is 4. The molecule has 3 aromatic heterocycles. The van der Waals surface area contributed by atoms with Gasteiger partial charge in [-0.05, 0) is 177 Å². The highest BCUT2D eigenvalue weighted by Crippen LogP contribution is 2.42. The average molecular weight is 1120 g/mol. The number of rotatable bonds is 11. The Morgan fingerprint density at radius 3 is 0.761 bits per heavy atom. The normalized spacial score (nSPS) is 11.6. The van der Waals surface area contributed by atoms with E-state index in [2.05, 4.69) is 358 Å². The molecule has 0 fully saturated rings. The lowest BCUT2D eigenvalue weighted by Gasteiger charge is -2.26. The highest BCUT2D eigenvalue weighted by atomic mass is 15.1. The van der Waals surface area contributed by atoms with Crippen molar-refractivity contribution in [2.45, 2.75) is 0 Å². The van der Waals surface area contributed by atoms with E-state index in [4.69, 9.17) is 0 Å². The number of aromatic nitrogens is 3. The van der Waals surface area contributed by atoms with Gasteiger partial charge in [-0.15, -0.1) is 0 Å². The first-order valence-electron chi connectivity index (χ1n) is 30.2. The van der Waals surface area contributed by atoms with Crippen LogP contribution in [0.2, 0.25) is 0 Å². The van der Waals surface area contributed by atoms with Gasteiger partial charge in [0, 0.05) is 66.4 Å². The Labute approximate surface area is 510 Å². The molecule has 0 aliphatic carbocycles. The molecule has 0 saturated carbocycles. The zero-order valence-electron chi connectivity index (χ0n) is 48.1. The molecule has 0 amide bonds. The molecule has 17 rings (SSSR count). The molecule has 14 aromatic carbocycles. The Morgan fingerprint density at radius 1 is 0.159 bits per heavy atom. The van der Waals surface area contributed by atoms with Gasteiger partial charge in [0.15, 0.2) is 0 Å². The number of fused-ring (bicyclic) bond motifs is 9. The van der Waals surface area contributed by atoms with Crippen LogP contribution < -0.4 is 4.90 Å². The van der Waals surface area contributed by atoms with Crippen molar-refractivity contribution in [1.29, 1.82) is 0 Å². The summed E-state index contributed by atoms with van der Waals surface area (Å²) in [5, 5.41) is 7.50. The first-order valence-corrected chi connectivity index (χ1v) is 30.2. The molecule has 88 heavy (non-hydrogen) atoms. The summed E-state index contributed by atoms with van der Waals surface area (Å²) >= 11 is 0. The van der Waals surface area contributed by atoms with Crippen LogP contribution in [0, 0.1) is 0 Å². The van der Waals surface area contributed by atoms with Gasteiger partial charge in [0.1, 0.15) is 0 Å². The van der Waals surface area contributed by atoms with Crippen LogP contribution in [0.15, 0.2) is 340 Å². The summed E-state index contributed by atoms with van der Waals surface area (Å²) in [7, 11) is 0. The van der Waals surface area contributed by atoms with Gasteiger partial charge in [0.25, 0.3) is 0 Å². The van der Waals surface area contributed by atoms with E-state index in [9.17, 15) is 0 Å². The third-order valence-electron chi connectivity index (χ3n) is 17.9. The number of anilines is 3. The minimum atomic E-state index is 1.07. The Morgan fingerprint density at radius 2 is 0.398 bits per heavy atom. The fraction of sp³-hybridized carbons (Fsp3) is 0. The first kappa shape index (κ1) is 50.8. The molecule has 0 radical (unpaired) electrons. The number of benzene rings is 14. The molecule has 3 heterocycles. The zero-order chi connectivity index (χ0) is 58.1. The zero-order valence-corrected chi connectivity index (χ0v) is 48.1. The second-order valence-corrected chi connectivity index (χ2v) is 22.9. The molecule has 4 heteroatoms. The summed E-state index contributed by atoms with van der Waals surface area (Å²) < 4.78 is 7.13. The lowest BCUT2D eigenvalue weighted by Crippen LogP contribution is -2.09. The van der Waals surface area contributed by atoms with Crippen LogP contribution in [0.5, 0.6) is 0 Å². The van der Waals surface area contributed by atoms with Crippen molar-refractivity contribution < 1.29 is 0 Å². The second kappa shape index (κ2) is 21.1. The van der Waals surface area contributed by atoms with Crippen molar-refractivity contribution in [3.63, 3.8) is 0 Å². The summed E-state index contributed by atoms with van der Waals surface area (Å²) in [5.41, 5.74) is 25.7. The van der Waals surface area contributed by atoms with E-state index in [1.165, 1.54) is 104 Å². The highest BCUT2D eigenvalue weighted by Gasteiger charge is 2.19. The molecule has 4 nitrogen and oxygen atoms in total. The third kappa shape index (κ3) is 8.69. The van der Waals surface area contributed by atoms with Gasteiger partial charge in [-0.25, -0.2) is 0 Å². The lowest BCUT2D eigenvalue weighted by atomic mass is 9.98. The Bertz CT molecular complexity index is 5180. The van der Waals surface area contributed by atoms with Crippen LogP contribution >= 0.6 is 0 Å². The molecule has 0 saturated heterocycles. The standard InChI is InChI=1S/C84H56N4/c1-4-16-67(17-5-1)86-80-26-14-11-23-74(80)77-54-64(43-52-82(77)86)61-32-28-57(29-33-61)59-36-45-70(46-37-59)85(72-49-40-63(41-50-72)66-42-51-76-73-22-10-13-25-79(73)88(84(76)56-66)69-20-8-3-9-21-69)71-47-38-60(39-48-71)58-30-34-62(35-31-58)65-44-53-83-78(55-65)75-24-12-15-27-81(75)87(83)68-18-6-2-7-19-68/h1-56H. The van der Waals surface area contributed by atoms with Gasteiger partial charge in [0.2, 0.25) is 0 Å². The van der Waals surface area contributed by atoms with Gasteiger partial charge < -0.3 is 18.6 Å². The van der Waals surface area contributed by atoms with E-state index in [1.54, 1.807) is 0 Å². The van der Waals surface area contributed by atoms with Gasteiger partial charge in [0.05, 0.1) is 33.1 Å². The predicted molar refractivity (Wildman–Crippen MR) is 371 cm³/mol. The quantitative estimate of drug-likeness (QED) is 0.126. The Hall–Kier alpha value is -11.7. The SMILES string of the molecule is c1ccc(-n2c3ccccc3c3cc(-c4ccc(-c5ccc(N(c6ccc(-c7ccc(-c8ccc9c(c8)c8ccccc8n9-c8ccccc8)cc7)cc6)c6ccc(-c7ccc8c9ccccc9n(-c9ccccc9)c8c7)cc6)cc5)cc4)ccc32)cc1. The monoisotopic (exact) mass is 1120 g/mol. The minimum Gasteiger partial charge on any atom is -0.311 e. The van der Waals surface area contributed by atoms with E-state index >= 15 is 0 Å². The highest BCUT2D eigenvalue weighted by molar-refractivity contribution is 6.13. The van der Waals surface area contributed by atoms with Crippen molar-refractivity contribution in [3.05, 3.63) is 340 Å². The molecule has 0 aliphatic heterocycles. The number of para-hydroxylation sites is 6. The van der Waals surface area contributed by atoms with Crippen molar-refractivity contribution in [3.8, 4) is 72.7 Å². The maximum atomic E-state index is 2.39. The Balaban J connectivity index is 0.692. The first-order chi connectivity index (χ1) is 43.6. The summed E-state index contributed by atoms with van der Waals surface area (Å²) in [6.07, 6.45) is 0. The summed E-state index contributed by atoms with van der Waals surface area (Å²) in [6, 6.07) is 124. The topological polar surface area (TPSA) is 18.0 Å². The molecule has 412 valence electrons. The van der Waals surface area contributed by atoms with Crippen LogP contribution in [0.4, 0.5) is 17.1 Å². The predicted octanol–water partition coefficient (Wildman–Crippen LogP) is 22.8. The van der Waals surface area contributed by atoms with Crippen molar-refractivity contribution in [2.75, 3.05) is 4.90 Å². The van der Waals surface area contributed by atoms with E-state index in [0.29, 0.717) is 0 Å². The van der Waals surface area contributed by atoms with E-state index in [1.807, 2.05) is 0 Å². The molecular formula is C84H56N4. The van der Waals surface area contributed by atoms with Crippen molar-refractivity contribution in [1.82, 2.24) is 13.7 Å². The summed E-state index contributed by atoms with van der Waals surface area (Å²) in [5.74, 6) is 0. The van der Waals surface area contributed by atoms with Crippen LogP contribution in [0.25, 0.3) is 138 Å². The molecule has 0 spiro atoms. The van der Waals surface area contributed by atoms with Crippen molar-refractivity contribution in [2.24, 2.45) is 0 Å². The summed E-state index contributed by atoms with van der Waals surface area (Å²) in [6.45, 7) is 0. The molecule has 17 aromatic rings. The molecule has 0 unspecified atom stereocenters. The van der Waals surface area contributed by atoms with E-state index in [-0.39, 0.29) is 0 Å². The molecule has 0 atom stereocenters. The smallest absolute Gasteiger partial charge is 0.0547 e. The van der Waals surface area contributed by atoms with Crippen LogP contribution in [-0.4, -0.2) is 13.7 Å². The fourth-order valence-electron chi connectivity index (χ4n) is 13.6. The molecular weight excluding hydrogens is 1060 g/mol. The van der Waals surface area contributed by atoms with Gasteiger partial charge in [-0.1, -0.05) is 218 Å². The third-order valence-corrected chi connectivity index (χ3v) is 17.9. The van der Waals surface area contributed by atoms with Crippen molar-refractivity contribution >= 4 is 82.5 Å². The maximum Gasteiger partial charge on any atom is 0.0547 e. The van der Waals surface area contributed by atoms with Gasteiger partial charge in [-0.3, -0.25) is 0 Å². The van der Waals surface area contributed by atoms with E-state index in [0.717, 1.165) is 50.8 Å². The number of hydrogen-bond acceptors (Lipinski definition) is 1. The molecule has 0 aliphatic rings. The molecule has 0 bridgehead atoms. The number of hydrogen-bond donors (Lipinski definition) is 0. The Kier molecular flexibility index (Phi) is 12.2. The summed E-state index contributed by atoms with van der Waals surface area (Å²) in [4.78, 5) is 2.37. The molecule has 0 N–H and O–H groups in total. The van der Waals surface area contributed by atoms with Gasteiger partial charge >= 0.3 is 0 Å².